The molecule has 0 spiro atoms. The van der Waals surface area contributed by atoms with Gasteiger partial charge in [-0.3, -0.25) is 9.59 Å². The number of hydrogen-bond donors (Lipinski definition) is 2. The minimum Gasteiger partial charge on any atom is -0.398 e. The number of nitrogen functional groups attached to an aromatic ring is 1. The number of rotatable bonds is 4. The highest BCUT2D eigenvalue weighted by molar-refractivity contribution is 6.30. The minimum atomic E-state index is -0.399. The van der Waals surface area contributed by atoms with Gasteiger partial charge in [0.05, 0.1) is 12.5 Å². The molecule has 2 aromatic rings. The Hall–Kier alpha value is -2.24. The fourth-order valence-corrected chi connectivity index (χ4v) is 3.51. The van der Waals surface area contributed by atoms with Crippen molar-refractivity contribution in [3.63, 3.8) is 0 Å². The zero-order chi connectivity index (χ0) is 18.7. The second-order valence-corrected chi connectivity index (χ2v) is 6.94. The summed E-state index contributed by atoms with van der Waals surface area (Å²) in [5.74, 6) is -0.216. The maximum atomic E-state index is 13.0. The lowest BCUT2D eigenvalue weighted by molar-refractivity contribution is -0.121. The maximum absolute atomic E-state index is 13.0. The van der Waals surface area contributed by atoms with Crippen LogP contribution in [-0.2, 0) is 16.0 Å². The molecule has 1 unspecified atom stereocenters. The standard InChI is InChI=1S/C20H22ClN3O2.ClH/c1-13(25)23-18(14-7-9-15(21)10-8-14)12-20(26)24-11-3-4-16-17(22)5-2-6-19(16)24;/h2,5-10,18H,3-4,11-12,22H2,1H3,(H,23,25);1H. The van der Waals surface area contributed by atoms with Crippen molar-refractivity contribution in [1.29, 1.82) is 0 Å². The van der Waals surface area contributed by atoms with Gasteiger partial charge in [-0.2, -0.15) is 0 Å². The average molecular weight is 408 g/mol. The average Bonchev–Trinajstić information content (AvgIpc) is 2.61. The van der Waals surface area contributed by atoms with Crippen LogP contribution in [-0.4, -0.2) is 18.4 Å². The first kappa shape index (κ1) is 21.1. The summed E-state index contributed by atoms with van der Waals surface area (Å²) in [4.78, 5) is 26.4. The van der Waals surface area contributed by atoms with Gasteiger partial charge in [0.15, 0.2) is 0 Å². The van der Waals surface area contributed by atoms with Crippen molar-refractivity contribution in [1.82, 2.24) is 5.32 Å². The lowest BCUT2D eigenvalue weighted by Crippen LogP contribution is -2.39. The molecule has 1 atom stereocenters. The van der Waals surface area contributed by atoms with Crippen molar-refractivity contribution in [2.45, 2.75) is 32.2 Å². The molecule has 1 aliphatic rings. The number of halogens is 2. The third kappa shape index (κ3) is 4.93. The van der Waals surface area contributed by atoms with Crippen LogP contribution in [0, 0.1) is 0 Å². The SMILES string of the molecule is CC(=O)NC(CC(=O)N1CCCc2c(N)cccc21)c1ccc(Cl)cc1.Cl. The number of nitrogens with zero attached hydrogens (tertiary/aromatic N) is 1. The van der Waals surface area contributed by atoms with Crippen LogP contribution in [0.2, 0.25) is 5.02 Å². The van der Waals surface area contributed by atoms with E-state index in [9.17, 15) is 9.59 Å². The minimum absolute atomic E-state index is 0. The molecule has 27 heavy (non-hydrogen) atoms. The maximum Gasteiger partial charge on any atom is 0.229 e. The zero-order valence-corrected chi connectivity index (χ0v) is 16.6. The third-order valence-electron chi connectivity index (χ3n) is 4.62. The van der Waals surface area contributed by atoms with Crippen LogP contribution in [0.4, 0.5) is 11.4 Å². The van der Waals surface area contributed by atoms with Gasteiger partial charge in [-0.15, -0.1) is 12.4 Å². The summed E-state index contributed by atoms with van der Waals surface area (Å²) in [6.07, 6.45) is 1.92. The van der Waals surface area contributed by atoms with Crippen LogP contribution in [0.15, 0.2) is 42.5 Å². The van der Waals surface area contributed by atoms with Gasteiger partial charge in [0.25, 0.3) is 0 Å². The normalized spacial score (nSPS) is 13.9. The molecular weight excluding hydrogens is 385 g/mol. The van der Waals surface area contributed by atoms with Crippen LogP contribution in [0.5, 0.6) is 0 Å². The Morgan fingerprint density at radius 3 is 2.59 bits per heavy atom. The van der Waals surface area contributed by atoms with E-state index in [4.69, 9.17) is 17.3 Å². The summed E-state index contributed by atoms with van der Waals surface area (Å²) in [5, 5.41) is 3.48. The second-order valence-electron chi connectivity index (χ2n) is 6.50. The molecule has 144 valence electrons. The number of amides is 2. The largest absolute Gasteiger partial charge is 0.398 e. The molecule has 0 aromatic heterocycles. The fraction of sp³-hybridized carbons (Fsp3) is 0.300. The number of nitrogens with one attached hydrogen (secondary N) is 1. The van der Waals surface area contributed by atoms with Crippen molar-refractivity contribution in [3.8, 4) is 0 Å². The van der Waals surface area contributed by atoms with Crippen LogP contribution in [0.25, 0.3) is 0 Å². The number of carbonyl (C=O) groups is 2. The van der Waals surface area contributed by atoms with Gasteiger partial charge in [0, 0.05) is 29.9 Å². The van der Waals surface area contributed by atoms with E-state index in [1.807, 2.05) is 30.3 Å². The molecule has 7 heteroatoms. The smallest absolute Gasteiger partial charge is 0.229 e. The molecule has 3 N–H and O–H groups in total. The number of hydrogen-bond acceptors (Lipinski definition) is 3. The van der Waals surface area contributed by atoms with E-state index in [2.05, 4.69) is 5.32 Å². The summed E-state index contributed by atoms with van der Waals surface area (Å²) in [5.41, 5.74) is 9.53. The van der Waals surface area contributed by atoms with Gasteiger partial charge in [0.2, 0.25) is 11.8 Å². The van der Waals surface area contributed by atoms with Crippen molar-refractivity contribution in [2.75, 3.05) is 17.2 Å². The molecule has 3 rings (SSSR count). The van der Waals surface area contributed by atoms with Crippen LogP contribution in [0.3, 0.4) is 0 Å². The Balaban J connectivity index is 0.00000261. The van der Waals surface area contributed by atoms with E-state index in [0.29, 0.717) is 11.6 Å². The zero-order valence-electron chi connectivity index (χ0n) is 15.1. The van der Waals surface area contributed by atoms with Crippen LogP contribution < -0.4 is 16.0 Å². The van der Waals surface area contributed by atoms with Crippen molar-refractivity contribution < 1.29 is 9.59 Å². The quantitative estimate of drug-likeness (QED) is 0.754. The number of nitrogens with two attached hydrogens (primary N) is 1. The van der Waals surface area contributed by atoms with Gasteiger partial charge in [-0.25, -0.2) is 0 Å². The molecule has 0 saturated carbocycles. The van der Waals surface area contributed by atoms with Crippen molar-refractivity contribution in [3.05, 3.63) is 58.6 Å². The number of carbonyl (C=O) groups excluding carboxylic acids is 2. The summed E-state index contributed by atoms with van der Waals surface area (Å²) in [7, 11) is 0. The van der Waals surface area contributed by atoms with Crippen molar-refractivity contribution in [2.24, 2.45) is 0 Å². The molecular formula is C20H23Cl2N3O2. The molecule has 1 heterocycles. The Bertz CT molecular complexity index is 824. The summed E-state index contributed by atoms with van der Waals surface area (Å²) < 4.78 is 0. The molecule has 2 aromatic carbocycles. The van der Waals surface area contributed by atoms with E-state index in [1.54, 1.807) is 17.0 Å². The Labute approximate surface area is 170 Å². The van der Waals surface area contributed by atoms with Crippen LogP contribution >= 0.6 is 24.0 Å². The Kier molecular flexibility index (Phi) is 7.11. The molecule has 2 amide bonds. The number of benzene rings is 2. The highest BCUT2D eigenvalue weighted by Crippen LogP contribution is 2.32. The van der Waals surface area contributed by atoms with Gasteiger partial charge >= 0.3 is 0 Å². The predicted molar refractivity (Wildman–Crippen MR) is 111 cm³/mol. The molecule has 0 radical (unpaired) electrons. The summed E-state index contributed by atoms with van der Waals surface area (Å²) in [6, 6.07) is 12.4. The van der Waals surface area contributed by atoms with Gasteiger partial charge in [-0.1, -0.05) is 29.8 Å². The monoisotopic (exact) mass is 407 g/mol. The highest BCUT2D eigenvalue weighted by atomic mass is 35.5. The highest BCUT2D eigenvalue weighted by Gasteiger charge is 2.26. The molecule has 0 aliphatic carbocycles. The Morgan fingerprint density at radius 2 is 1.93 bits per heavy atom. The first-order chi connectivity index (χ1) is 12.5. The number of fused-ring (bicyclic) bond motifs is 1. The molecule has 0 fully saturated rings. The van der Waals surface area contributed by atoms with E-state index in [-0.39, 0.29) is 30.6 Å². The molecule has 5 nitrogen and oxygen atoms in total. The van der Waals surface area contributed by atoms with Gasteiger partial charge < -0.3 is 16.0 Å². The first-order valence-corrected chi connectivity index (χ1v) is 9.04. The summed E-state index contributed by atoms with van der Waals surface area (Å²) >= 11 is 5.95. The lowest BCUT2D eigenvalue weighted by Gasteiger charge is -2.31. The van der Waals surface area contributed by atoms with E-state index >= 15 is 0 Å². The summed E-state index contributed by atoms with van der Waals surface area (Å²) in [6.45, 7) is 2.10. The van der Waals surface area contributed by atoms with Crippen molar-refractivity contribution >= 4 is 47.2 Å². The predicted octanol–water partition coefficient (Wildman–Crippen LogP) is 3.89. The first-order valence-electron chi connectivity index (χ1n) is 8.66. The van der Waals surface area contributed by atoms with Crippen LogP contribution in [0.1, 0.15) is 36.9 Å². The number of anilines is 2. The lowest BCUT2D eigenvalue weighted by atomic mass is 9.98. The molecule has 0 bridgehead atoms. The van der Waals surface area contributed by atoms with Gasteiger partial charge in [0.1, 0.15) is 0 Å². The molecule has 0 saturated heterocycles. The van der Waals surface area contributed by atoms with E-state index < -0.39 is 6.04 Å². The third-order valence-corrected chi connectivity index (χ3v) is 4.87. The fourth-order valence-electron chi connectivity index (χ4n) is 3.39. The second kappa shape index (κ2) is 9.11. The Morgan fingerprint density at radius 1 is 1.22 bits per heavy atom. The van der Waals surface area contributed by atoms with E-state index in [1.165, 1.54) is 6.92 Å². The van der Waals surface area contributed by atoms with E-state index in [0.717, 1.165) is 35.3 Å². The molecule has 1 aliphatic heterocycles. The van der Waals surface area contributed by atoms with Gasteiger partial charge in [-0.05, 0) is 48.2 Å². The topological polar surface area (TPSA) is 75.4 Å².